The Kier molecular flexibility index (Phi) is 5.01. The number of hydrogen-bond donors (Lipinski definition) is 1. The fraction of sp³-hybridized carbons (Fsp3) is 0.600. The van der Waals surface area contributed by atoms with E-state index in [1.54, 1.807) is 0 Å². The predicted octanol–water partition coefficient (Wildman–Crippen LogP) is 3.65. The minimum Gasteiger partial charge on any atom is -0.317 e. The molecule has 0 fully saturated rings. The van der Waals surface area contributed by atoms with Crippen LogP contribution in [-0.4, -0.2) is 13.1 Å². The zero-order chi connectivity index (χ0) is 12.1. The third kappa shape index (κ3) is 3.64. The van der Waals surface area contributed by atoms with Crippen LogP contribution in [0.15, 0.2) is 18.2 Å². The van der Waals surface area contributed by atoms with Gasteiger partial charge in [0.15, 0.2) is 0 Å². The van der Waals surface area contributed by atoms with E-state index in [1.807, 2.05) is 0 Å². The van der Waals surface area contributed by atoms with E-state index < -0.39 is 0 Å². The molecule has 2 atom stereocenters. The topological polar surface area (TPSA) is 12.0 Å². The predicted molar refractivity (Wildman–Crippen MR) is 72.0 cm³/mol. The highest BCUT2D eigenvalue weighted by atomic mass is 14.8. The second-order valence-electron chi connectivity index (χ2n) is 4.99. The Morgan fingerprint density at radius 1 is 1.06 bits per heavy atom. The van der Waals surface area contributed by atoms with Gasteiger partial charge in [-0.3, -0.25) is 0 Å². The number of rotatable bonds is 5. The molecule has 1 aromatic rings. The van der Waals surface area contributed by atoms with Gasteiger partial charge in [0.05, 0.1) is 0 Å². The van der Waals surface area contributed by atoms with Crippen molar-refractivity contribution in [2.45, 2.75) is 40.5 Å². The number of nitrogens with one attached hydrogen (secondary N) is 1. The third-order valence-corrected chi connectivity index (χ3v) is 3.34. The van der Waals surface area contributed by atoms with Crippen LogP contribution in [0.2, 0.25) is 0 Å². The van der Waals surface area contributed by atoms with E-state index in [0.717, 1.165) is 13.1 Å². The van der Waals surface area contributed by atoms with Gasteiger partial charge >= 0.3 is 0 Å². The maximum absolute atomic E-state index is 3.43. The van der Waals surface area contributed by atoms with Gasteiger partial charge in [0.25, 0.3) is 0 Å². The largest absolute Gasteiger partial charge is 0.317 e. The SMILES string of the molecule is CCNCC(C)C(C)c1cc(C)cc(C)c1. The van der Waals surface area contributed by atoms with Crippen molar-refractivity contribution in [2.24, 2.45) is 5.92 Å². The fourth-order valence-corrected chi connectivity index (χ4v) is 2.15. The summed E-state index contributed by atoms with van der Waals surface area (Å²) in [5.41, 5.74) is 4.22. The monoisotopic (exact) mass is 219 g/mol. The molecule has 0 saturated carbocycles. The fourth-order valence-electron chi connectivity index (χ4n) is 2.15. The van der Waals surface area contributed by atoms with Crippen LogP contribution in [-0.2, 0) is 0 Å². The molecule has 0 saturated heterocycles. The zero-order valence-electron chi connectivity index (χ0n) is 11.3. The average molecular weight is 219 g/mol. The normalized spacial score (nSPS) is 14.8. The highest BCUT2D eigenvalue weighted by Crippen LogP contribution is 2.25. The lowest BCUT2D eigenvalue weighted by atomic mass is 9.87. The first-order valence-electron chi connectivity index (χ1n) is 6.33. The molecule has 90 valence electrons. The molecule has 0 amide bonds. The summed E-state index contributed by atoms with van der Waals surface area (Å²) in [6, 6.07) is 6.88. The highest BCUT2D eigenvalue weighted by Gasteiger charge is 2.14. The number of hydrogen-bond acceptors (Lipinski definition) is 1. The Balaban J connectivity index is 2.74. The van der Waals surface area contributed by atoms with Crippen molar-refractivity contribution in [3.05, 3.63) is 34.9 Å². The summed E-state index contributed by atoms with van der Waals surface area (Å²) in [5, 5.41) is 3.43. The van der Waals surface area contributed by atoms with Crippen LogP contribution in [0, 0.1) is 19.8 Å². The van der Waals surface area contributed by atoms with Crippen LogP contribution in [0.3, 0.4) is 0 Å². The van der Waals surface area contributed by atoms with E-state index in [2.05, 4.69) is 58.1 Å². The Labute approximate surface area is 100 Å². The van der Waals surface area contributed by atoms with Crippen molar-refractivity contribution in [3.8, 4) is 0 Å². The molecule has 1 nitrogen and oxygen atoms in total. The lowest BCUT2D eigenvalue weighted by Gasteiger charge is -2.21. The van der Waals surface area contributed by atoms with Crippen molar-refractivity contribution >= 4 is 0 Å². The molecule has 0 aliphatic rings. The van der Waals surface area contributed by atoms with E-state index in [-0.39, 0.29) is 0 Å². The van der Waals surface area contributed by atoms with Crippen LogP contribution in [0.1, 0.15) is 43.4 Å². The van der Waals surface area contributed by atoms with Gasteiger partial charge < -0.3 is 5.32 Å². The first-order chi connectivity index (χ1) is 7.54. The molecule has 1 aromatic carbocycles. The van der Waals surface area contributed by atoms with Gasteiger partial charge in [-0.25, -0.2) is 0 Å². The summed E-state index contributed by atoms with van der Waals surface area (Å²) in [7, 11) is 0. The summed E-state index contributed by atoms with van der Waals surface area (Å²) in [6.07, 6.45) is 0. The van der Waals surface area contributed by atoms with Gasteiger partial charge in [0.1, 0.15) is 0 Å². The first kappa shape index (κ1) is 13.2. The third-order valence-electron chi connectivity index (χ3n) is 3.34. The molecule has 2 unspecified atom stereocenters. The smallest absolute Gasteiger partial charge is 0.00175 e. The number of aryl methyl sites for hydroxylation is 2. The lowest BCUT2D eigenvalue weighted by Crippen LogP contribution is -2.24. The summed E-state index contributed by atoms with van der Waals surface area (Å²) in [6.45, 7) is 13.3. The maximum Gasteiger partial charge on any atom is -0.00175 e. The standard InChI is InChI=1S/C15H25N/c1-6-16-10-13(4)14(5)15-8-11(2)7-12(3)9-15/h7-9,13-14,16H,6,10H2,1-5H3. The molecule has 1 N–H and O–H groups in total. The quantitative estimate of drug-likeness (QED) is 0.797. The van der Waals surface area contributed by atoms with Crippen LogP contribution < -0.4 is 5.32 Å². The molecular weight excluding hydrogens is 194 g/mol. The second-order valence-corrected chi connectivity index (χ2v) is 4.99. The number of benzene rings is 1. The lowest BCUT2D eigenvalue weighted by molar-refractivity contribution is 0.453. The summed E-state index contributed by atoms with van der Waals surface area (Å²) < 4.78 is 0. The van der Waals surface area contributed by atoms with E-state index in [9.17, 15) is 0 Å². The summed E-state index contributed by atoms with van der Waals surface area (Å²) in [5.74, 6) is 1.30. The van der Waals surface area contributed by atoms with Crippen LogP contribution in [0.25, 0.3) is 0 Å². The maximum atomic E-state index is 3.43. The molecule has 0 heterocycles. The Bertz CT molecular complexity index is 310. The average Bonchev–Trinajstić information content (AvgIpc) is 2.23. The van der Waals surface area contributed by atoms with E-state index in [4.69, 9.17) is 0 Å². The van der Waals surface area contributed by atoms with E-state index >= 15 is 0 Å². The van der Waals surface area contributed by atoms with Gasteiger partial charge in [0, 0.05) is 0 Å². The van der Waals surface area contributed by atoms with Crippen LogP contribution in [0.5, 0.6) is 0 Å². The van der Waals surface area contributed by atoms with Crippen LogP contribution in [0.4, 0.5) is 0 Å². The molecule has 16 heavy (non-hydrogen) atoms. The van der Waals surface area contributed by atoms with Crippen molar-refractivity contribution in [3.63, 3.8) is 0 Å². The van der Waals surface area contributed by atoms with Crippen LogP contribution >= 0.6 is 0 Å². The minimum atomic E-state index is 0.623. The molecule has 0 aromatic heterocycles. The highest BCUT2D eigenvalue weighted by molar-refractivity contribution is 5.31. The summed E-state index contributed by atoms with van der Waals surface area (Å²) in [4.78, 5) is 0. The minimum absolute atomic E-state index is 0.623. The van der Waals surface area contributed by atoms with Gasteiger partial charge in [-0.15, -0.1) is 0 Å². The van der Waals surface area contributed by atoms with Gasteiger partial charge in [-0.1, -0.05) is 50.1 Å². The molecular formula is C15H25N. The Morgan fingerprint density at radius 2 is 1.62 bits per heavy atom. The molecule has 1 heteroatoms. The van der Waals surface area contributed by atoms with E-state index in [1.165, 1.54) is 16.7 Å². The second kappa shape index (κ2) is 6.05. The molecule has 0 spiro atoms. The zero-order valence-corrected chi connectivity index (χ0v) is 11.3. The Morgan fingerprint density at radius 3 is 2.12 bits per heavy atom. The van der Waals surface area contributed by atoms with Gasteiger partial charge in [-0.05, 0) is 44.3 Å². The first-order valence-corrected chi connectivity index (χ1v) is 6.33. The van der Waals surface area contributed by atoms with Gasteiger partial charge in [-0.2, -0.15) is 0 Å². The van der Waals surface area contributed by atoms with Crippen molar-refractivity contribution < 1.29 is 0 Å². The molecule has 0 bridgehead atoms. The van der Waals surface area contributed by atoms with Crippen molar-refractivity contribution in [1.29, 1.82) is 0 Å². The molecule has 1 rings (SSSR count). The van der Waals surface area contributed by atoms with E-state index in [0.29, 0.717) is 11.8 Å². The molecule has 0 radical (unpaired) electrons. The van der Waals surface area contributed by atoms with Crippen molar-refractivity contribution in [1.82, 2.24) is 5.32 Å². The van der Waals surface area contributed by atoms with Gasteiger partial charge in [0.2, 0.25) is 0 Å². The summed E-state index contributed by atoms with van der Waals surface area (Å²) >= 11 is 0. The molecule has 0 aliphatic heterocycles. The Hall–Kier alpha value is -0.820. The van der Waals surface area contributed by atoms with Crippen molar-refractivity contribution in [2.75, 3.05) is 13.1 Å². The molecule has 0 aliphatic carbocycles.